The minimum atomic E-state index is -0.103. The van der Waals surface area contributed by atoms with Crippen LogP contribution in [0.5, 0.6) is 0 Å². The van der Waals surface area contributed by atoms with E-state index in [1.165, 1.54) is 5.56 Å². The molecule has 0 spiro atoms. The first-order valence-corrected chi connectivity index (χ1v) is 9.37. The molecular weight excluding hydrogens is 314 g/mol. The summed E-state index contributed by atoms with van der Waals surface area (Å²) in [6.45, 7) is 9.11. The van der Waals surface area contributed by atoms with Crippen LogP contribution in [-0.2, 0) is 16.1 Å². The van der Waals surface area contributed by atoms with Crippen LogP contribution in [-0.4, -0.2) is 54.3 Å². The van der Waals surface area contributed by atoms with Crippen LogP contribution in [0.3, 0.4) is 0 Å². The van der Waals surface area contributed by atoms with E-state index in [-0.39, 0.29) is 23.7 Å². The Kier molecular flexibility index (Phi) is 5.74. The van der Waals surface area contributed by atoms with E-state index >= 15 is 0 Å². The van der Waals surface area contributed by atoms with E-state index in [1.54, 1.807) is 0 Å². The number of piperazine rings is 1. The molecule has 2 aliphatic rings. The highest BCUT2D eigenvalue weighted by Crippen LogP contribution is 2.40. The average molecular weight is 343 g/mol. The third-order valence-corrected chi connectivity index (χ3v) is 5.06. The van der Waals surface area contributed by atoms with Gasteiger partial charge in [0, 0.05) is 39.3 Å². The van der Waals surface area contributed by atoms with Gasteiger partial charge in [0.25, 0.3) is 0 Å². The lowest BCUT2D eigenvalue weighted by Gasteiger charge is -2.35. The van der Waals surface area contributed by atoms with E-state index in [1.807, 2.05) is 11.0 Å². The Balaban J connectivity index is 1.41. The summed E-state index contributed by atoms with van der Waals surface area (Å²) in [5.41, 5.74) is 1.31. The van der Waals surface area contributed by atoms with Crippen molar-refractivity contribution in [1.29, 1.82) is 0 Å². The zero-order valence-electron chi connectivity index (χ0n) is 15.3. The molecule has 2 amide bonds. The summed E-state index contributed by atoms with van der Waals surface area (Å²) in [5.74, 6) is 0.467. The van der Waals surface area contributed by atoms with Crippen LogP contribution in [0.1, 0.15) is 25.8 Å². The number of carbonyl (C=O) groups is 2. The molecule has 1 saturated heterocycles. The van der Waals surface area contributed by atoms with Crippen molar-refractivity contribution < 1.29 is 9.59 Å². The van der Waals surface area contributed by atoms with E-state index in [0.29, 0.717) is 18.9 Å². The maximum Gasteiger partial charge on any atom is 0.226 e. The molecule has 1 heterocycles. The topological polar surface area (TPSA) is 52.7 Å². The lowest BCUT2D eigenvalue weighted by atomic mass is 10.2. The minimum absolute atomic E-state index is 0.0507. The van der Waals surface area contributed by atoms with E-state index in [2.05, 4.69) is 48.3 Å². The molecule has 0 radical (unpaired) electrons. The molecule has 1 aromatic rings. The van der Waals surface area contributed by atoms with Gasteiger partial charge in [-0.25, -0.2) is 0 Å². The Morgan fingerprint density at radius 2 is 1.76 bits per heavy atom. The highest BCUT2D eigenvalue weighted by molar-refractivity contribution is 5.92. The molecule has 5 nitrogen and oxygen atoms in total. The molecule has 0 aromatic heterocycles. The molecule has 1 N–H and O–H groups in total. The molecule has 3 rings (SSSR count). The van der Waals surface area contributed by atoms with Crippen molar-refractivity contribution in [2.75, 3.05) is 32.7 Å². The number of amides is 2. The molecule has 1 aliphatic heterocycles. The zero-order chi connectivity index (χ0) is 17.8. The van der Waals surface area contributed by atoms with Crippen LogP contribution >= 0.6 is 0 Å². The molecule has 1 saturated carbocycles. The minimum Gasteiger partial charge on any atom is -0.356 e. The molecule has 2 unspecified atom stereocenters. The Labute approximate surface area is 150 Å². The third kappa shape index (κ3) is 4.82. The quantitative estimate of drug-likeness (QED) is 0.856. The first kappa shape index (κ1) is 17.9. The molecule has 0 bridgehead atoms. The van der Waals surface area contributed by atoms with Gasteiger partial charge in [0.1, 0.15) is 0 Å². The number of nitrogens with one attached hydrogen (secondary N) is 1. The fourth-order valence-electron chi connectivity index (χ4n) is 3.40. The van der Waals surface area contributed by atoms with Crippen molar-refractivity contribution in [2.45, 2.75) is 26.8 Å². The Hall–Kier alpha value is -1.88. The zero-order valence-corrected chi connectivity index (χ0v) is 15.3. The molecule has 1 aromatic carbocycles. The van der Waals surface area contributed by atoms with Crippen molar-refractivity contribution in [3.05, 3.63) is 35.9 Å². The van der Waals surface area contributed by atoms with Crippen LogP contribution in [0.15, 0.2) is 30.3 Å². The first-order valence-electron chi connectivity index (χ1n) is 9.37. The average Bonchev–Trinajstić information content (AvgIpc) is 3.41. The van der Waals surface area contributed by atoms with Crippen LogP contribution in [0.2, 0.25) is 0 Å². The lowest BCUT2D eigenvalue weighted by molar-refractivity contribution is -0.136. The van der Waals surface area contributed by atoms with E-state index in [0.717, 1.165) is 32.7 Å². The fraction of sp³-hybridized carbons (Fsp3) is 0.600. The second-order valence-corrected chi connectivity index (χ2v) is 7.67. The van der Waals surface area contributed by atoms with Crippen molar-refractivity contribution in [2.24, 2.45) is 17.8 Å². The summed E-state index contributed by atoms with van der Waals surface area (Å²) in [6, 6.07) is 10.4. The predicted molar refractivity (Wildman–Crippen MR) is 97.7 cm³/mol. The molecule has 25 heavy (non-hydrogen) atoms. The van der Waals surface area contributed by atoms with Crippen molar-refractivity contribution in [3.63, 3.8) is 0 Å². The number of benzene rings is 1. The SMILES string of the molecule is CC(C)CNC(=O)C1CC1C(=O)N1CCN(Cc2ccccc2)CC1. The Bertz CT molecular complexity index is 594. The molecule has 2 atom stereocenters. The largest absolute Gasteiger partial charge is 0.356 e. The van der Waals surface area contributed by atoms with Crippen LogP contribution in [0.25, 0.3) is 0 Å². The van der Waals surface area contributed by atoms with Crippen LogP contribution in [0.4, 0.5) is 0 Å². The van der Waals surface area contributed by atoms with Gasteiger partial charge in [0.15, 0.2) is 0 Å². The maximum atomic E-state index is 12.6. The molecule has 1 aliphatic carbocycles. The van der Waals surface area contributed by atoms with Gasteiger partial charge in [-0.05, 0) is 17.9 Å². The summed E-state index contributed by atoms with van der Waals surface area (Å²) in [5, 5.41) is 2.95. The first-order chi connectivity index (χ1) is 12.0. The van der Waals surface area contributed by atoms with Gasteiger partial charge < -0.3 is 10.2 Å². The molecule has 2 fully saturated rings. The van der Waals surface area contributed by atoms with Gasteiger partial charge in [0.2, 0.25) is 11.8 Å². The molecule has 5 heteroatoms. The second-order valence-electron chi connectivity index (χ2n) is 7.67. The number of nitrogens with zero attached hydrogens (tertiary/aromatic N) is 2. The maximum absolute atomic E-state index is 12.6. The summed E-state index contributed by atoms with van der Waals surface area (Å²) in [7, 11) is 0. The van der Waals surface area contributed by atoms with Crippen LogP contribution < -0.4 is 5.32 Å². The molecule has 136 valence electrons. The van der Waals surface area contributed by atoms with Gasteiger partial charge in [-0.15, -0.1) is 0 Å². The Morgan fingerprint density at radius 1 is 1.08 bits per heavy atom. The summed E-state index contributed by atoms with van der Waals surface area (Å²) in [4.78, 5) is 29.0. The highest BCUT2D eigenvalue weighted by Gasteiger charge is 2.49. The number of carbonyl (C=O) groups excluding carboxylic acids is 2. The molecular formula is C20H29N3O2. The summed E-state index contributed by atoms with van der Waals surface area (Å²) >= 11 is 0. The lowest BCUT2D eigenvalue weighted by Crippen LogP contribution is -2.49. The van der Waals surface area contributed by atoms with Crippen molar-refractivity contribution in [1.82, 2.24) is 15.1 Å². The monoisotopic (exact) mass is 343 g/mol. The van der Waals surface area contributed by atoms with E-state index < -0.39 is 0 Å². The fourth-order valence-corrected chi connectivity index (χ4v) is 3.40. The van der Waals surface area contributed by atoms with E-state index in [4.69, 9.17) is 0 Å². The number of rotatable bonds is 6. The van der Waals surface area contributed by atoms with Gasteiger partial charge in [-0.1, -0.05) is 44.2 Å². The van der Waals surface area contributed by atoms with Gasteiger partial charge in [-0.3, -0.25) is 14.5 Å². The van der Waals surface area contributed by atoms with E-state index in [9.17, 15) is 9.59 Å². The van der Waals surface area contributed by atoms with Crippen molar-refractivity contribution >= 4 is 11.8 Å². The second kappa shape index (κ2) is 8.00. The smallest absolute Gasteiger partial charge is 0.226 e. The Morgan fingerprint density at radius 3 is 2.40 bits per heavy atom. The predicted octanol–water partition coefficient (Wildman–Crippen LogP) is 1.74. The number of hydrogen-bond acceptors (Lipinski definition) is 3. The highest BCUT2D eigenvalue weighted by atomic mass is 16.2. The van der Waals surface area contributed by atoms with Crippen LogP contribution in [0, 0.1) is 17.8 Å². The number of hydrogen-bond donors (Lipinski definition) is 1. The van der Waals surface area contributed by atoms with Gasteiger partial charge >= 0.3 is 0 Å². The van der Waals surface area contributed by atoms with Gasteiger partial charge in [0.05, 0.1) is 11.8 Å². The normalized spacial score (nSPS) is 23.6. The van der Waals surface area contributed by atoms with Crippen molar-refractivity contribution in [3.8, 4) is 0 Å². The summed E-state index contributed by atoms with van der Waals surface area (Å²) < 4.78 is 0. The standard InChI is InChI=1S/C20H29N3O2/c1-15(2)13-21-19(24)17-12-18(17)20(25)23-10-8-22(9-11-23)14-16-6-4-3-5-7-16/h3-7,15,17-18H,8-14H2,1-2H3,(H,21,24). The summed E-state index contributed by atoms with van der Waals surface area (Å²) in [6.07, 6.45) is 0.715. The van der Waals surface area contributed by atoms with Gasteiger partial charge in [-0.2, -0.15) is 0 Å². The third-order valence-electron chi connectivity index (χ3n) is 5.06.